The number of nitrogens with zero attached hydrogens (tertiary/aromatic N) is 1. The zero-order valence-electron chi connectivity index (χ0n) is 11.6. The number of hydrogen-bond donors (Lipinski definition) is 2. The van der Waals surface area contributed by atoms with Gasteiger partial charge in [-0.05, 0) is 45.0 Å². The summed E-state index contributed by atoms with van der Waals surface area (Å²) in [5, 5.41) is 9.34. The van der Waals surface area contributed by atoms with Crippen LogP contribution in [-0.4, -0.2) is 36.1 Å². The number of fused-ring (bicyclic) bond motifs is 1. The van der Waals surface area contributed by atoms with Gasteiger partial charge < -0.3 is 14.8 Å². The van der Waals surface area contributed by atoms with Gasteiger partial charge in [0, 0.05) is 5.56 Å². The summed E-state index contributed by atoms with van der Waals surface area (Å²) in [6.07, 6.45) is 2.02. The maximum Gasteiger partial charge on any atom is 0.305 e. The van der Waals surface area contributed by atoms with E-state index in [-0.39, 0.29) is 12.3 Å². The predicted molar refractivity (Wildman–Crippen MR) is 74.4 cm³/mol. The zero-order chi connectivity index (χ0) is 14.2. The lowest BCUT2D eigenvalue weighted by Crippen LogP contribution is -2.50. The molecule has 3 rings (SSSR count). The van der Waals surface area contributed by atoms with Gasteiger partial charge in [-0.1, -0.05) is 18.2 Å². The molecular formula is C15H20N2O3. The number of carboxylic acids is 1. The largest absolute Gasteiger partial charge is 0.481 e. The summed E-state index contributed by atoms with van der Waals surface area (Å²) in [7, 11) is 2.10. The van der Waals surface area contributed by atoms with Crippen LogP contribution in [0.15, 0.2) is 24.3 Å². The number of hydroxylamine groups is 1. The fourth-order valence-corrected chi connectivity index (χ4v) is 3.44. The molecule has 20 heavy (non-hydrogen) atoms. The molecule has 0 saturated carbocycles. The van der Waals surface area contributed by atoms with E-state index in [0.717, 1.165) is 37.2 Å². The van der Waals surface area contributed by atoms with Gasteiger partial charge in [0.2, 0.25) is 0 Å². The first-order valence-corrected chi connectivity index (χ1v) is 7.06. The van der Waals surface area contributed by atoms with Crippen molar-refractivity contribution in [3.8, 4) is 5.75 Å². The topological polar surface area (TPSA) is 61.8 Å². The number of hydrogen-bond acceptors (Lipinski definition) is 4. The van der Waals surface area contributed by atoms with Gasteiger partial charge in [-0.15, -0.1) is 5.48 Å². The van der Waals surface area contributed by atoms with Crippen LogP contribution in [0, 0.1) is 5.92 Å². The SMILES string of the molecule is CN1CCC(C2(CC(=O)O)NOc3ccccc32)CC1. The minimum Gasteiger partial charge on any atom is -0.481 e. The lowest BCUT2D eigenvalue weighted by Gasteiger charge is -2.40. The average molecular weight is 276 g/mol. The molecule has 0 spiro atoms. The average Bonchev–Trinajstić information content (AvgIpc) is 2.79. The van der Waals surface area contributed by atoms with E-state index in [2.05, 4.69) is 17.4 Å². The third-order valence-electron chi connectivity index (χ3n) is 4.56. The van der Waals surface area contributed by atoms with Crippen molar-refractivity contribution in [2.75, 3.05) is 20.1 Å². The molecule has 0 aromatic heterocycles. The Labute approximate surface area is 118 Å². The van der Waals surface area contributed by atoms with Crippen LogP contribution < -0.4 is 10.3 Å². The van der Waals surface area contributed by atoms with Gasteiger partial charge in [0.15, 0.2) is 5.75 Å². The number of carbonyl (C=O) groups is 1. The van der Waals surface area contributed by atoms with Crippen molar-refractivity contribution in [1.82, 2.24) is 10.4 Å². The molecule has 5 heteroatoms. The van der Waals surface area contributed by atoms with Crippen molar-refractivity contribution in [3.63, 3.8) is 0 Å². The van der Waals surface area contributed by atoms with E-state index in [0.29, 0.717) is 0 Å². The minimum absolute atomic E-state index is 0.0540. The van der Waals surface area contributed by atoms with Crippen LogP contribution in [0.3, 0.4) is 0 Å². The van der Waals surface area contributed by atoms with Crippen molar-refractivity contribution in [2.24, 2.45) is 5.92 Å². The number of rotatable bonds is 3. The van der Waals surface area contributed by atoms with Gasteiger partial charge >= 0.3 is 5.97 Å². The number of benzene rings is 1. The quantitative estimate of drug-likeness (QED) is 0.878. The van der Waals surface area contributed by atoms with Gasteiger partial charge in [-0.25, -0.2) is 0 Å². The van der Waals surface area contributed by atoms with E-state index in [1.54, 1.807) is 0 Å². The highest BCUT2D eigenvalue weighted by Gasteiger charge is 2.48. The third-order valence-corrected chi connectivity index (χ3v) is 4.56. The lowest BCUT2D eigenvalue weighted by atomic mass is 9.72. The molecule has 2 aliphatic heterocycles. The van der Waals surface area contributed by atoms with Crippen molar-refractivity contribution in [3.05, 3.63) is 29.8 Å². The molecule has 2 aliphatic rings. The van der Waals surface area contributed by atoms with E-state index in [1.807, 2.05) is 24.3 Å². The molecule has 1 aromatic rings. The molecule has 0 amide bonds. The number of para-hydroxylation sites is 1. The van der Waals surface area contributed by atoms with Crippen molar-refractivity contribution in [2.45, 2.75) is 24.8 Å². The van der Waals surface area contributed by atoms with Crippen LogP contribution in [0.25, 0.3) is 0 Å². The van der Waals surface area contributed by atoms with Crippen LogP contribution in [-0.2, 0) is 10.3 Å². The van der Waals surface area contributed by atoms with E-state index < -0.39 is 11.5 Å². The molecule has 5 nitrogen and oxygen atoms in total. The summed E-state index contributed by atoms with van der Waals surface area (Å²) in [5.74, 6) is 0.239. The molecule has 0 aliphatic carbocycles. The Morgan fingerprint density at radius 3 is 2.85 bits per heavy atom. The van der Waals surface area contributed by atoms with Crippen LogP contribution in [0.1, 0.15) is 24.8 Å². The smallest absolute Gasteiger partial charge is 0.305 e. The first-order valence-electron chi connectivity index (χ1n) is 7.06. The monoisotopic (exact) mass is 276 g/mol. The molecule has 2 N–H and O–H groups in total. The van der Waals surface area contributed by atoms with Gasteiger partial charge in [-0.2, -0.15) is 0 Å². The Hall–Kier alpha value is -1.59. The molecule has 1 aromatic carbocycles. The van der Waals surface area contributed by atoms with Gasteiger partial charge in [0.25, 0.3) is 0 Å². The molecule has 1 saturated heterocycles. The number of aliphatic carboxylic acids is 1. The summed E-state index contributed by atoms with van der Waals surface area (Å²) in [5.41, 5.74) is 3.44. The third kappa shape index (κ3) is 2.17. The number of piperidine rings is 1. The van der Waals surface area contributed by atoms with Crippen LogP contribution in [0.4, 0.5) is 0 Å². The number of carboxylic acid groups (broad SMARTS) is 1. The molecular weight excluding hydrogens is 256 g/mol. The fraction of sp³-hybridized carbons (Fsp3) is 0.533. The number of likely N-dealkylation sites (tertiary alicyclic amines) is 1. The Kier molecular flexibility index (Phi) is 3.40. The Morgan fingerprint density at radius 2 is 2.15 bits per heavy atom. The fourth-order valence-electron chi connectivity index (χ4n) is 3.44. The molecule has 0 bridgehead atoms. The summed E-state index contributed by atoms with van der Waals surface area (Å²) >= 11 is 0. The predicted octanol–water partition coefficient (Wildman–Crippen LogP) is 1.60. The summed E-state index contributed by atoms with van der Waals surface area (Å²) in [6.45, 7) is 1.99. The van der Waals surface area contributed by atoms with Crippen molar-refractivity contribution in [1.29, 1.82) is 0 Å². The second-order valence-electron chi connectivity index (χ2n) is 5.82. The lowest BCUT2D eigenvalue weighted by molar-refractivity contribution is -0.140. The number of nitrogens with one attached hydrogen (secondary N) is 1. The Balaban J connectivity index is 1.96. The summed E-state index contributed by atoms with van der Waals surface area (Å²) in [4.78, 5) is 19.2. The maximum absolute atomic E-state index is 11.4. The standard InChI is InChI=1S/C15H20N2O3/c1-17-8-6-11(7-9-17)15(10-14(18)19)12-4-2-3-5-13(12)20-16-15/h2-5,11,16H,6-10H2,1H3,(H,18,19). The maximum atomic E-state index is 11.4. The van der Waals surface area contributed by atoms with Crippen LogP contribution >= 0.6 is 0 Å². The second kappa shape index (κ2) is 5.07. The van der Waals surface area contributed by atoms with Gasteiger partial charge in [-0.3, -0.25) is 4.79 Å². The molecule has 1 unspecified atom stereocenters. The van der Waals surface area contributed by atoms with E-state index in [4.69, 9.17) is 4.84 Å². The molecule has 1 atom stereocenters. The molecule has 0 radical (unpaired) electrons. The summed E-state index contributed by atoms with van der Waals surface area (Å²) < 4.78 is 0. The first kappa shape index (κ1) is 13.4. The van der Waals surface area contributed by atoms with Crippen LogP contribution in [0.2, 0.25) is 0 Å². The minimum atomic E-state index is -0.795. The second-order valence-corrected chi connectivity index (χ2v) is 5.82. The zero-order valence-corrected chi connectivity index (χ0v) is 11.6. The highest BCUT2D eigenvalue weighted by atomic mass is 16.7. The summed E-state index contributed by atoms with van der Waals surface area (Å²) in [6, 6.07) is 7.73. The molecule has 2 heterocycles. The normalized spacial score (nSPS) is 27.1. The van der Waals surface area contributed by atoms with Crippen LogP contribution in [0.5, 0.6) is 5.75 Å². The first-order chi connectivity index (χ1) is 9.62. The Morgan fingerprint density at radius 1 is 1.45 bits per heavy atom. The van der Waals surface area contributed by atoms with Crippen molar-refractivity contribution >= 4 is 5.97 Å². The van der Waals surface area contributed by atoms with E-state index >= 15 is 0 Å². The molecule has 108 valence electrons. The Bertz CT molecular complexity index is 512. The highest BCUT2D eigenvalue weighted by molar-refractivity contribution is 5.70. The molecule has 1 fully saturated rings. The van der Waals surface area contributed by atoms with Gasteiger partial charge in [0.1, 0.15) is 0 Å². The highest BCUT2D eigenvalue weighted by Crippen LogP contribution is 2.46. The van der Waals surface area contributed by atoms with Gasteiger partial charge in [0.05, 0.1) is 12.0 Å². The van der Waals surface area contributed by atoms with E-state index in [1.165, 1.54) is 0 Å². The van der Waals surface area contributed by atoms with Crippen molar-refractivity contribution < 1.29 is 14.7 Å². The van der Waals surface area contributed by atoms with E-state index in [9.17, 15) is 9.90 Å².